The Labute approximate surface area is 162 Å². The third-order valence-corrected chi connectivity index (χ3v) is 9.27. The molecule has 2 nitrogen and oxygen atoms in total. The lowest BCUT2D eigenvalue weighted by atomic mass is 9.53. The minimum Gasteiger partial charge on any atom is -0.391 e. The average molecular weight is 364 g/mol. The van der Waals surface area contributed by atoms with Crippen molar-refractivity contribution in [2.75, 3.05) is 0 Å². The molecule has 3 rings (SSSR count). The molecule has 3 fully saturated rings. The van der Waals surface area contributed by atoms with E-state index < -0.39 is 0 Å². The van der Waals surface area contributed by atoms with E-state index in [1.807, 2.05) is 0 Å². The first-order valence-electron chi connectivity index (χ1n) is 11.7. The molecule has 0 saturated heterocycles. The fraction of sp³-hybridized carbons (Fsp3) is 1.00. The Morgan fingerprint density at radius 3 is 1.62 bits per heavy atom. The third kappa shape index (κ3) is 4.02. The quantitative estimate of drug-likeness (QED) is 0.652. The molecule has 0 radical (unpaired) electrons. The molecule has 3 aliphatic carbocycles. The van der Waals surface area contributed by atoms with Gasteiger partial charge in [-0.15, -0.1) is 0 Å². The molecule has 0 amide bonds. The number of aliphatic hydroxyl groups excluding tert-OH is 1. The van der Waals surface area contributed by atoms with Crippen molar-refractivity contribution >= 4 is 0 Å². The summed E-state index contributed by atoms with van der Waals surface area (Å²) in [6.07, 6.45) is 15.8. The maximum Gasteiger partial charge on any atom is 0.0724 e. The first kappa shape index (κ1) is 20.6. The zero-order chi connectivity index (χ0) is 18.9. The molecule has 152 valence electrons. The van der Waals surface area contributed by atoms with Gasteiger partial charge in [-0.25, -0.2) is 0 Å². The van der Waals surface area contributed by atoms with Crippen molar-refractivity contribution < 1.29 is 5.11 Å². The zero-order valence-electron chi connectivity index (χ0n) is 18.0. The largest absolute Gasteiger partial charge is 0.391 e. The van der Waals surface area contributed by atoms with Gasteiger partial charge in [-0.05, 0) is 73.0 Å². The first-order valence-corrected chi connectivity index (χ1v) is 11.7. The first-order chi connectivity index (χ1) is 12.2. The van der Waals surface area contributed by atoms with Gasteiger partial charge in [0.15, 0.2) is 0 Å². The maximum absolute atomic E-state index is 11.1. The minimum absolute atomic E-state index is 0.0375. The Balaban J connectivity index is 1.77. The van der Waals surface area contributed by atoms with Crippen LogP contribution in [0.2, 0.25) is 0 Å². The van der Waals surface area contributed by atoms with Gasteiger partial charge in [-0.1, -0.05) is 66.2 Å². The molecular formula is C24H45NO. The van der Waals surface area contributed by atoms with Crippen LogP contribution in [0.3, 0.4) is 0 Å². The molecule has 0 aromatic heterocycles. The molecular weight excluding hydrogens is 318 g/mol. The van der Waals surface area contributed by atoms with Gasteiger partial charge in [-0.2, -0.15) is 0 Å². The summed E-state index contributed by atoms with van der Waals surface area (Å²) in [5.41, 5.74) is 7.13. The van der Waals surface area contributed by atoms with E-state index in [1.165, 1.54) is 70.6 Å². The minimum atomic E-state index is -0.315. The van der Waals surface area contributed by atoms with Gasteiger partial charge in [0, 0.05) is 6.04 Å². The van der Waals surface area contributed by atoms with Crippen molar-refractivity contribution in [1.29, 1.82) is 0 Å². The predicted molar refractivity (Wildman–Crippen MR) is 111 cm³/mol. The van der Waals surface area contributed by atoms with Crippen LogP contribution in [0.15, 0.2) is 0 Å². The van der Waals surface area contributed by atoms with Gasteiger partial charge >= 0.3 is 0 Å². The van der Waals surface area contributed by atoms with Gasteiger partial charge in [0.25, 0.3) is 0 Å². The second-order valence-corrected chi connectivity index (χ2v) is 11.2. The monoisotopic (exact) mass is 363 g/mol. The lowest BCUT2D eigenvalue weighted by molar-refractivity contribution is -0.0853. The number of rotatable bonds is 4. The van der Waals surface area contributed by atoms with E-state index in [9.17, 15) is 5.11 Å². The van der Waals surface area contributed by atoms with E-state index in [2.05, 4.69) is 27.7 Å². The summed E-state index contributed by atoms with van der Waals surface area (Å²) in [4.78, 5) is 0. The topological polar surface area (TPSA) is 46.2 Å². The Morgan fingerprint density at radius 1 is 0.654 bits per heavy atom. The molecule has 3 saturated carbocycles. The molecule has 0 aliphatic heterocycles. The van der Waals surface area contributed by atoms with Crippen molar-refractivity contribution in [3.05, 3.63) is 0 Å². The smallest absolute Gasteiger partial charge is 0.0724 e. The van der Waals surface area contributed by atoms with E-state index in [0.717, 1.165) is 18.3 Å². The van der Waals surface area contributed by atoms with Crippen LogP contribution in [0.4, 0.5) is 0 Å². The average Bonchev–Trinajstić information content (AvgIpc) is 2.65. The Morgan fingerprint density at radius 2 is 1.12 bits per heavy atom. The standard InChI is InChI=1S/C24H45NO/c1-23(2,17-11-7-5-8-12-17)19-15-20(22(26)21(25)16-19)24(3,4)18-13-9-6-10-14-18/h17-22,26H,5-16,25H2,1-4H3. The molecule has 0 bridgehead atoms. The maximum atomic E-state index is 11.1. The predicted octanol–water partition coefficient (Wildman–Crippen LogP) is 5.91. The SMILES string of the molecule is CC(C)(C1CCCCC1)C1CC(N)C(O)C(C(C)(C)C2CCCCC2)C1. The summed E-state index contributed by atoms with van der Waals surface area (Å²) in [5.74, 6) is 2.64. The highest BCUT2D eigenvalue weighted by Gasteiger charge is 2.50. The van der Waals surface area contributed by atoms with Crippen LogP contribution in [0, 0.1) is 34.5 Å². The molecule has 3 aliphatic rings. The lowest BCUT2D eigenvalue weighted by Gasteiger charge is -2.54. The van der Waals surface area contributed by atoms with Crippen molar-refractivity contribution in [3.8, 4) is 0 Å². The second-order valence-electron chi connectivity index (χ2n) is 11.2. The summed E-state index contributed by atoms with van der Waals surface area (Å²) in [6.45, 7) is 9.92. The number of aliphatic hydroxyl groups is 1. The molecule has 0 spiro atoms. The van der Waals surface area contributed by atoms with Crippen LogP contribution in [0.1, 0.15) is 105 Å². The van der Waals surface area contributed by atoms with Crippen molar-refractivity contribution in [1.82, 2.24) is 0 Å². The highest BCUT2D eigenvalue weighted by atomic mass is 16.3. The van der Waals surface area contributed by atoms with Crippen LogP contribution in [0.5, 0.6) is 0 Å². The van der Waals surface area contributed by atoms with Gasteiger partial charge < -0.3 is 10.8 Å². The van der Waals surface area contributed by atoms with E-state index in [4.69, 9.17) is 5.73 Å². The van der Waals surface area contributed by atoms with Gasteiger partial charge in [0.05, 0.1) is 6.10 Å². The summed E-state index contributed by atoms with van der Waals surface area (Å²) in [5, 5.41) is 11.1. The second kappa shape index (κ2) is 8.11. The van der Waals surface area contributed by atoms with E-state index in [-0.39, 0.29) is 17.6 Å². The van der Waals surface area contributed by atoms with E-state index in [0.29, 0.717) is 17.3 Å². The van der Waals surface area contributed by atoms with E-state index in [1.54, 1.807) is 0 Å². The van der Waals surface area contributed by atoms with Crippen molar-refractivity contribution in [3.63, 3.8) is 0 Å². The number of nitrogens with two attached hydrogens (primary N) is 1. The van der Waals surface area contributed by atoms with Gasteiger partial charge in [-0.3, -0.25) is 0 Å². The number of hydrogen-bond acceptors (Lipinski definition) is 2. The molecule has 2 heteroatoms. The molecule has 3 N–H and O–H groups in total. The Kier molecular flexibility index (Phi) is 6.44. The summed E-state index contributed by atoms with van der Waals surface area (Å²) in [7, 11) is 0. The van der Waals surface area contributed by atoms with E-state index >= 15 is 0 Å². The van der Waals surface area contributed by atoms with Crippen LogP contribution >= 0.6 is 0 Å². The molecule has 4 unspecified atom stereocenters. The van der Waals surface area contributed by atoms with Crippen LogP contribution in [-0.2, 0) is 0 Å². The fourth-order valence-electron chi connectivity index (χ4n) is 6.99. The summed E-state index contributed by atoms with van der Waals surface area (Å²) in [6, 6.07) is -0.0375. The van der Waals surface area contributed by atoms with Crippen LogP contribution in [0.25, 0.3) is 0 Å². The highest BCUT2D eigenvalue weighted by Crippen LogP contribution is 2.54. The zero-order valence-corrected chi connectivity index (χ0v) is 18.0. The number of hydrogen-bond donors (Lipinski definition) is 2. The van der Waals surface area contributed by atoms with Crippen LogP contribution in [-0.4, -0.2) is 17.3 Å². The van der Waals surface area contributed by atoms with Crippen molar-refractivity contribution in [2.45, 2.75) is 117 Å². The molecule has 4 atom stereocenters. The summed E-state index contributed by atoms with van der Waals surface area (Å²) < 4.78 is 0. The third-order valence-electron chi connectivity index (χ3n) is 9.27. The molecule has 0 aromatic rings. The molecule has 0 heterocycles. The van der Waals surface area contributed by atoms with Gasteiger partial charge in [0.1, 0.15) is 0 Å². The molecule has 26 heavy (non-hydrogen) atoms. The van der Waals surface area contributed by atoms with Crippen molar-refractivity contribution in [2.24, 2.45) is 40.2 Å². The highest BCUT2D eigenvalue weighted by molar-refractivity contribution is 5.01. The Hall–Kier alpha value is -0.0800. The Bertz CT molecular complexity index is 445. The lowest BCUT2D eigenvalue weighted by Crippen LogP contribution is -2.55. The molecule has 0 aromatic carbocycles. The fourth-order valence-corrected chi connectivity index (χ4v) is 6.99. The summed E-state index contributed by atoms with van der Waals surface area (Å²) >= 11 is 0. The van der Waals surface area contributed by atoms with Gasteiger partial charge in [0.2, 0.25) is 0 Å². The normalized spacial score (nSPS) is 36.2. The van der Waals surface area contributed by atoms with Crippen LogP contribution < -0.4 is 5.73 Å².